The number of carbonyl (C=O) groups is 1. The normalized spacial score (nSPS) is 19.4. The van der Waals surface area contributed by atoms with E-state index in [2.05, 4.69) is 16.1 Å². The summed E-state index contributed by atoms with van der Waals surface area (Å²) in [6, 6.07) is 1.62. The van der Waals surface area contributed by atoms with Crippen LogP contribution in [-0.4, -0.2) is 55.9 Å². The van der Waals surface area contributed by atoms with Gasteiger partial charge in [0.1, 0.15) is 5.25 Å². The molecule has 1 aromatic rings. The van der Waals surface area contributed by atoms with Crippen LogP contribution in [0.15, 0.2) is 6.07 Å². The fraction of sp³-hybridized carbons (Fsp3) is 0.632. The molecule has 4 rings (SSSR count). The van der Waals surface area contributed by atoms with E-state index < -0.39 is 21.3 Å². The fourth-order valence-electron chi connectivity index (χ4n) is 4.51. The van der Waals surface area contributed by atoms with Crippen LogP contribution < -0.4 is 10.0 Å². The molecule has 0 spiro atoms. The number of benzene rings is 1. The topological polar surface area (TPSA) is 98.7 Å². The van der Waals surface area contributed by atoms with Gasteiger partial charge < -0.3 is 15.3 Å². The first-order chi connectivity index (χ1) is 13.0. The van der Waals surface area contributed by atoms with Gasteiger partial charge in [-0.3, -0.25) is 0 Å². The molecule has 148 valence electrons. The predicted molar refractivity (Wildman–Crippen MR) is 103 cm³/mol. The second-order valence-corrected chi connectivity index (χ2v) is 9.75. The van der Waals surface area contributed by atoms with Gasteiger partial charge in [0, 0.05) is 31.9 Å². The van der Waals surface area contributed by atoms with Crippen molar-refractivity contribution in [1.82, 2.24) is 9.62 Å². The fourth-order valence-corrected chi connectivity index (χ4v) is 5.80. The Labute approximate surface area is 160 Å². The second-order valence-electron chi connectivity index (χ2n) is 7.79. The van der Waals surface area contributed by atoms with Gasteiger partial charge in [0.05, 0.1) is 0 Å². The summed E-state index contributed by atoms with van der Waals surface area (Å²) in [6.45, 7) is 1.58. The number of anilines is 1. The zero-order chi connectivity index (χ0) is 19.0. The van der Waals surface area contributed by atoms with Crippen molar-refractivity contribution in [2.45, 2.75) is 50.2 Å². The predicted octanol–water partition coefficient (Wildman–Crippen LogP) is 1.18. The largest absolute Gasteiger partial charge is 0.396 e. The highest BCUT2D eigenvalue weighted by Crippen LogP contribution is 2.38. The summed E-state index contributed by atoms with van der Waals surface area (Å²) in [7, 11) is -3.70. The van der Waals surface area contributed by atoms with E-state index in [1.807, 2.05) is 4.90 Å². The number of amides is 2. The van der Waals surface area contributed by atoms with E-state index in [0.29, 0.717) is 26.1 Å². The first kappa shape index (κ1) is 18.7. The molecular formula is C19H27N3O4S. The van der Waals surface area contributed by atoms with Gasteiger partial charge >= 0.3 is 6.03 Å². The molecule has 27 heavy (non-hydrogen) atoms. The van der Waals surface area contributed by atoms with Gasteiger partial charge in [-0.1, -0.05) is 6.07 Å². The molecule has 0 radical (unpaired) electrons. The first-order valence-corrected chi connectivity index (χ1v) is 11.3. The maximum absolute atomic E-state index is 12.5. The van der Waals surface area contributed by atoms with Gasteiger partial charge in [-0.25, -0.2) is 17.9 Å². The van der Waals surface area contributed by atoms with Crippen molar-refractivity contribution in [2.75, 3.05) is 31.6 Å². The number of hydrogen-bond donors (Lipinski definition) is 3. The number of aryl methyl sites for hydroxylation is 2. The molecule has 0 unspecified atom stereocenters. The molecule has 1 saturated heterocycles. The Balaban J connectivity index is 1.42. The SMILES string of the molecule is O=C(Nc1c2c(cc3c1CCC3)CCC2)NS(=O)(=O)C1CN(CCCO)C1. The number of rotatable bonds is 6. The highest BCUT2D eigenvalue weighted by molar-refractivity contribution is 7.90. The Kier molecular flexibility index (Phi) is 5.13. The van der Waals surface area contributed by atoms with Crippen molar-refractivity contribution in [3.05, 3.63) is 28.3 Å². The van der Waals surface area contributed by atoms with Crippen molar-refractivity contribution in [3.63, 3.8) is 0 Å². The standard InChI is InChI=1S/C19H27N3O4S/c23-9-3-8-22-11-15(12-22)27(25,26)21-19(24)20-18-16-6-1-4-13(16)10-14-5-2-7-17(14)18/h10,15,23H,1-9,11-12H2,(H2,20,21,24). The summed E-state index contributed by atoms with van der Waals surface area (Å²) in [5, 5.41) is 11.1. The molecule has 2 amide bonds. The van der Waals surface area contributed by atoms with Crippen LogP contribution in [0.3, 0.4) is 0 Å². The van der Waals surface area contributed by atoms with Crippen LogP contribution in [0, 0.1) is 0 Å². The number of aliphatic hydroxyl groups is 1. The Morgan fingerprint density at radius 1 is 1.11 bits per heavy atom. The number of likely N-dealkylation sites (tertiary alicyclic amines) is 1. The average molecular weight is 394 g/mol. The third-order valence-corrected chi connectivity index (χ3v) is 7.59. The number of nitrogens with zero attached hydrogens (tertiary/aromatic N) is 1. The molecule has 1 aliphatic heterocycles. The number of sulfonamides is 1. The number of fused-ring (bicyclic) bond motifs is 2. The van der Waals surface area contributed by atoms with Gasteiger partial charge in [0.25, 0.3) is 0 Å². The van der Waals surface area contributed by atoms with Crippen LogP contribution in [0.4, 0.5) is 10.5 Å². The van der Waals surface area contributed by atoms with Crippen LogP contribution in [0.25, 0.3) is 0 Å². The summed E-state index contributed by atoms with van der Waals surface area (Å²) in [4.78, 5) is 14.4. The van der Waals surface area contributed by atoms with E-state index in [1.165, 1.54) is 22.3 Å². The van der Waals surface area contributed by atoms with Crippen molar-refractivity contribution >= 4 is 21.7 Å². The molecule has 0 saturated carbocycles. The van der Waals surface area contributed by atoms with Crippen molar-refractivity contribution in [2.24, 2.45) is 0 Å². The summed E-state index contributed by atoms with van der Waals surface area (Å²) < 4.78 is 27.1. The molecule has 3 N–H and O–H groups in total. The third-order valence-electron chi connectivity index (χ3n) is 5.94. The molecule has 0 bridgehead atoms. The second kappa shape index (κ2) is 7.41. The van der Waals surface area contributed by atoms with Crippen LogP contribution >= 0.6 is 0 Å². The van der Waals surface area contributed by atoms with E-state index in [9.17, 15) is 13.2 Å². The molecule has 1 aromatic carbocycles. The number of hydrogen-bond acceptors (Lipinski definition) is 5. The van der Waals surface area contributed by atoms with Gasteiger partial charge in [-0.15, -0.1) is 0 Å². The highest BCUT2D eigenvalue weighted by Gasteiger charge is 2.38. The monoisotopic (exact) mass is 393 g/mol. The van der Waals surface area contributed by atoms with E-state index in [1.54, 1.807) is 0 Å². The molecule has 0 aromatic heterocycles. The average Bonchev–Trinajstić information content (AvgIpc) is 3.21. The Hall–Kier alpha value is -1.64. The van der Waals surface area contributed by atoms with Gasteiger partial charge in [-0.05, 0) is 67.2 Å². The third kappa shape index (κ3) is 3.70. The van der Waals surface area contributed by atoms with Crippen LogP contribution in [-0.2, 0) is 35.7 Å². The van der Waals surface area contributed by atoms with Crippen LogP contribution in [0.5, 0.6) is 0 Å². The van der Waals surface area contributed by atoms with E-state index in [4.69, 9.17) is 5.11 Å². The zero-order valence-electron chi connectivity index (χ0n) is 15.5. The lowest BCUT2D eigenvalue weighted by atomic mass is 9.99. The van der Waals surface area contributed by atoms with Gasteiger partial charge in [0.15, 0.2) is 0 Å². The molecule has 7 nitrogen and oxygen atoms in total. The summed E-state index contributed by atoms with van der Waals surface area (Å²) in [5.41, 5.74) is 5.81. The number of urea groups is 1. The number of carbonyl (C=O) groups excluding carboxylic acids is 1. The molecule has 8 heteroatoms. The lowest BCUT2D eigenvalue weighted by Gasteiger charge is -2.38. The highest BCUT2D eigenvalue weighted by atomic mass is 32.2. The Bertz CT molecular complexity index is 815. The minimum absolute atomic E-state index is 0.0975. The molecule has 3 aliphatic rings. The zero-order valence-corrected chi connectivity index (χ0v) is 16.3. The minimum Gasteiger partial charge on any atom is -0.396 e. The molecule has 0 atom stereocenters. The lowest BCUT2D eigenvalue weighted by Crippen LogP contribution is -2.58. The Morgan fingerprint density at radius 3 is 2.33 bits per heavy atom. The van der Waals surface area contributed by atoms with Crippen molar-refractivity contribution in [1.29, 1.82) is 0 Å². The quantitative estimate of drug-likeness (QED) is 0.674. The molecule has 2 aliphatic carbocycles. The lowest BCUT2D eigenvalue weighted by molar-refractivity contribution is 0.163. The van der Waals surface area contributed by atoms with E-state index >= 15 is 0 Å². The van der Waals surface area contributed by atoms with Crippen LogP contribution in [0.1, 0.15) is 41.5 Å². The van der Waals surface area contributed by atoms with Gasteiger partial charge in [0.2, 0.25) is 10.0 Å². The smallest absolute Gasteiger partial charge is 0.332 e. The number of aliphatic hydroxyl groups excluding tert-OH is 1. The minimum atomic E-state index is -3.70. The maximum Gasteiger partial charge on any atom is 0.332 e. The summed E-state index contributed by atoms with van der Waals surface area (Å²) in [5.74, 6) is 0. The molecule has 1 heterocycles. The summed E-state index contributed by atoms with van der Waals surface area (Å²) >= 11 is 0. The first-order valence-electron chi connectivity index (χ1n) is 9.80. The molecular weight excluding hydrogens is 366 g/mol. The summed E-state index contributed by atoms with van der Waals surface area (Å²) in [6.07, 6.45) is 6.73. The van der Waals surface area contributed by atoms with E-state index in [-0.39, 0.29) is 6.61 Å². The van der Waals surface area contributed by atoms with Crippen LogP contribution in [0.2, 0.25) is 0 Å². The Morgan fingerprint density at radius 2 is 1.74 bits per heavy atom. The number of nitrogens with one attached hydrogen (secondary N) is 2. The van der Waals surface area contributed by atoms with Crippen molar-refractivity contribution < 1.29 is 18.3 Å². The maximum atomic E-state index is 12.5. The van der Waals surface area contributed by atoms with Gasteiger partial charge in [-0.2, -0.15) is 0 Å². The molecule has 1 fully saturated rings. The van der Waals surface area contributed by atoms with E-state index in [0.717, 1.165) is 44.2 Å². The van der Waals surface area contributed by atoms with Crippen molar-refractivity contribution in [3.8, 4) is 0 Å².